The van der Waals surface area contributed by atoms with Gasteiger partial charge >= 0.3 is 0 Å². The summed E-state index contributed by atoms with van der Waals surface area (Å²) in [4.78, 5) is 1.01. The first-order valence-corrected chi connectivity index (χ1v) is 7.90. The molecule has 0 unspecified atom stereocenters. The molecule has 0 aliphatic rings. The van der Waals surface area contributed by atoms with Gasteiger partial charge in [-0.25, -0.2) is 13.1 Å². The third-order valence-corrected chi connectivity index (χ3v) is 5.47. The fraction of sp³-hybridized carbons (Fsp3) is 0.636. The number of ether oxygens (including phenoxy) is 1. The van der Waals surface area contributed by atoms with Gasteiger partial charge in [-0.15, -0.1) is 11.3 Å². The molecule has 0 saturated carbocycles. The zero-order valence-corrected chi connectivity index (χ0v) is 12.4. The minimum absolute atomic E-state index is 0.0696. The highest BCUT2D eigenvalue weighted by atomic mass is 32.2. The van der Waals surface area contributed by atoms with Gasteiger partial charge in [0, 0.05) is 18.5 Å². The molecule has 5 nitrogen and oxygen atoms in total. The molecular weight excluding hydrogens is 274 g/mol. The van der Waals surface area contributed by atoms with Crippen LogP contribution in [0.1, 0.15) is 18.7 Å². The van der Waals surface area contributed by atoms with E-state index in [2.05, 4.69) is 4.72 Å². The average Bonchev–Trinajstić information content (AvgIpc) is 2.76. The van der Waals surface area contributed by atoms with Gasteiger partial charge in [-0.05, 0) is 25.5 Å². The summed E-state index contributed by atoms with van der Waals surface area (Å²) in [6.45, 7) is 3.48. The first-order chi connectivity index (χ1) is 8.30. The van der Waals surface area contributed by atoms with E-state index in [1.807, 2.05) is 6.92 Å². The maximum absolute atomic E-state index is 12.0. The van der Waals surface area contributed by atoms with Gasteiger partial charge in [0.25, 0.3) is 0 Å². The first kappa shape index (κ1) is 15.6. The van der Waals surface area contributed by atoms with Crippen molar-refractivity contribution >= 4 is 21.4 Å². The summed E-state index contributed by atoms with van der Waals surface area (Å²) in [7, 11) is -2.09. The highest BCUT2D eigenvalue weighted by molar-refractivity contribution is 7.91. The van der Waals surface area contributed by atoms with Crippen LogP contribution in [0.25, 0.3) is 0 Å². The number of thiophene rings is 1. The van der Waals surface area contributed by atoms with Gasteiger partial charge < -0.3 is 9.84 Å². The summed E-state index contributed by atoms with van der Waals surface area (Å²) in [5.74, 6) is 0. The molecule has 1 aromatic heterocycles. The number of nitrogens with one attached hydrogen (secondary N) is 1. The van der Waals surface area contributed by atoms with Crippen molar-refractivity contribution < 1.29 is 18.3 Å². The quantitative estimate of drug-likeness (QED) is 0.786. The highest BCUT2D eigenvalue weighted by Gasteiger charge is 2.24. The van der Waals surface area contributed by atoms with Crippen LogP contribution in [0, 0.1) is 0 Å². The Hall–Kier alpha value is -0.470. The smallest absolute Gasteiger partial charge is 0.250 e. The van der Waals surface area contributed by atoms with Crippen LogP contribution in [0.4, 0.5) is 0 Å². The van der Waals surface area contributed by atoms with Gasteiger partial charge in [0.1, 0.15) is 4.21 Å². The summed E-state index contributed by atoms with van der Waals surface area (Å²) < 4.78 is 31.4. The Balaban J connectivity index is 2.71. The molecular formula is C11H19NO4S2. The zero-order valence-electron chi connectivity index (χ0n) is 10.8. The molecule has 1 rings (SSSR count). The Morgan fingerprint density at radius 3 is 2.67 bits per heavy atom. The molecule has 7 heteroatoms. The predicted octanol–water partition coefficient (Wildman–Crippen LogP) is 0.986. The Morgan fingerprint density at radius 2 is 2.17 bits per heavy atom. The van der Waals surface area contributed by atoms with Crippen molar-refractivity contribution in [3.05, 3.63) is 17.0 Å². The molecule has 0 bridgehead atoms. The third kappa shape index (κ3) is 4.33. The minimum Gasteiger partial charge on any atom is -0.386 e. The summed E-state index contributed by atoms with van der Waals surface area (Å²) >= 11 is 1.24. The molecule has 0 aromatic carbocycles. The van der Waals surface area contributed by atoms with Crippen molar-refractivity contribution in [2.75, 3.05) is 20.3 Å². The van der Waals surface area contributed by atoms with Gasteiger partial charge in [0.2, 0.25) is 10.0 Å². The number of methoxy groups -OCH3 is 1. The van der Waals surface area contributed by atoms with E-state index < -0.39 is 15.6 Å². The maximum Gasteiger partial charge on any atom is 0.250 e. The molecule has 104 valence electrons. The Kier molecular flexibility index (Phi) is 5.30. The lowest BCUT2D eigenvalue weighted by Gasteiger charge is -2.22. The average molecular weight is 293 g/mol. The van der Waals surface area contributed by atoms with Gasteiger partial charge in [0.05, 0.1) is 12.2 Å². The van der Waals surface area contributed by atoms with E-state index in [0.29, 0.717) is 0 Å². The largest absolute Gasteiger partial charge is 0.386 e. The summed E-state index contributed by atoms with van der Waals surface area (Å²) in [6.07, 6.45) is 0.807. The summed E-state index contributed by atoms with van der Waals surface area (Å²) in [6, 6.07) is 3.38. The molecule has 1 heterocycles. The van der Waals surface area contributed by atoms with Crippen molar-refractivity contribution in [1.82, 2.24) is 4.72 Å². The standard InChI is InChI=1S/C11H19NO4S2/c1-4-9-5-6-10(17-9)18(14,15)12-7-11(2,13)8-16-3/h5-6,12-13H,4,7-8H2,1-3H3/t11-/m1/s1. The van der Waals surface area contributed by atoms with E-state index in [1.165, 1.54) is 25.4 Å². The molecule has 2 N–H and O–H groups in total. The van der Waals surface area contributed by atoms with Crippen LogP contribution in [0.5, 0.6) is 0 Å². The number of sulfonamides is 1. The minimum atomic E-state index is -3.55. The fourth-order valence-corrected chi connectivity index (χ4v) is 3.88. The van der Waals surface area contributed by atoms with Gasteiger partial charge in [0.15, 0.2) is 0 Å². The number of aliphatic hydroxyl groups is 1. The molecule has 1 atom stereocenters. The molecule has 0 aliphatic heterocycles. The van der Waals surface area contributed by atoms with E-state index in [1.54, 1.807) is 12.1 Å². The molecule has 0 aliphatic carbocycles. The number of hydrogen-bond acceptors (Lipinski definition) is 5. The van der Waals surface area contributed by atoms with Gasteiger partial charge in [-0.2, -0.15) is 0 Å². The van der Waals surface area contributed by atoms with E-state index in [4.69, 9.17) is 4.74 Å². The van der Waals surface area contributed by atoms with Gasteiger partial charge in [-0.3, -0.25) is 0 Å². The molecule has 0 fully saturated rings. The molecule has 0 spiro atoms. The predicted molar refractivity (Wildman–Crippen MR) is 71.4 cm³/mol. The van der Waals surface area contributed by atoms with Crippen molar-refractivity contribution in [3.8, 4) is 0 Å². The van der Waals surface area contributed by atoms with Crippen LogP contribution in [0.2, 0.25) is 0 Å². The van der Waals surface area contributed by atoms with Crippen LogP contribution in [0.15, 0.2) is 16.3 Å². The van der Waals surface area contributed by atoms with E-state index in [0.717, 1.165) is 11.3 Å². The normalized spacial score (nSPS) is 15.6. The topological polar surface area (TPSA) is 75.6 Å². The SMILES string of the molecule is CCc1ccc(S(=O)(=O)NC[C@@](C)(O)COC)s1. The maximum atomic E-state index is 12.0. The molecule has 0 radical (unpaired) electrons. The Bertz CT molecular complexity index is 479. The number of aryl methyl sites for hydroxylation is 1. The van der Waals surface area contributed by atoms with Crippen molar-refractivity contribution in [2.24, 2.45) is 0 Å². The van der Waals surface area contributed by atoms with Crippen LogP contribution in [-0.4, -0.2) is 39.4 Å². The second kappa shape index (κ2) is 6.12. The molecule has 0 amide bonds. The second-order valence-electron chi connectivity index (χ2n) is 4.33. The van der Waals surface area contributed by atoms with Crippen LogP contribution < -0.4 is 4.72 Å². The third-order valence-electron chi connectivity index (χ3n) is 2.35. The second-order valence-corrected chi connectivity index (χ2v) is 7.49. The van der Waals surface area contributed by atoms with Crippen molar-refractivity contribution in [1.29, 1.82) is 0 Å². The fourth-order valence-electron chi connectivity index (χ4n) is 1.38. The Morgan fingerprint density at radius 1 is 1.50 bits per heavy atom. The highest BCUT2D eigenvalue weighted by Crippen LogP contribution is 2.21. The molecule has 0 saturated heterocycles. The lowest BCUT2D eigenvalue weighted by Crippen LogP contribution is -2.43. The van der Waals surface area contributed by atoms with E-state index in [-0.39, 0.29) is 17.4 Å². The van der Waals surface area contributed by atoms with Crippen LogP contribution >= 0.6 is 11.3 Å². The number of rotatable bonds is 7. The number of hydrogen-bond donors (Lipinski definition) is 2. The monoisotopic (exact) mass is 293 g/mol. The Labute approximate surface area is 112 Å². The van der Waals surface area contributed by atoms with Crippen molar-refractivity contribution in [3.63, 3.8) is 0 Å². The molecule has 18 heavy (non-hydrogen) atoms. The lowest BCUT2D eigenvalue weighted by molar-refractivity contribution is -0.0119. The van der Waals surface area contributed by atoms with Gasteiger partial charge in [-0.1, -0.05) is 6.92 Å². The van der Waals surface area contributed by atoms with Crippen LogP contribution in [-0.2, 0) is 21.2 Å². The zero-order chi connectivity index (χ0) is 13.8. The lowest BCUT2D eigenvalue weighted by atomic mass is 10.1. The van der Waals surface area contributed by atoms with Crippen molar-refractivity contribution in [2.45, 2.75) is 30.1 Å². The van der Waals surface area contributed by atoms with E-state index >= 15 is 0 Å². The summed E-state index contributed by atoms with van der Waals surface area (Å²) in [5.41, 5.74) is -1.22. The van der Waals surface area contributed by atoms with Crippen LogP contribution in [0.3, 0.4) is 0 Å². The van der Waals surface area contributed by atoms with E-state index in [9.17, 15) is 13.5 Å². The summed E-state index contributed by atoms with van der Waals surface area (Å²) in [5, 5.41) is 9.83. The first-order valence-electron chi connectivity index (χ1n) is 5.60. The molecule has 1 aromatic rings.